The van der Waals surface area contributed by atoms with E-state index < -0.39 is 6.10 Å². The van der Waals surface area contributed by atoms with Crippen molar-refractivity contribution in [2.45, 2.75) is 59.0 Å². The maximum atomic E-state index is 12.1. The SMILES string of the molecule is CCC.CCCCCC(O)c1c[nH]c(OC)c(OC)c1=O. The predicted octanol–water partition coefficient (Wildman–Crippen LogP) is 3.42. The summed E-state index contributed by atoms with van der Waals surface area (Å²) in [6.07, 6.45) is 5.56. The molecule has 2 N–H and O–H groups in total. The Bertz CT molecular complexity index is 442. The van der Waals surface area contributed by atoms with Crippen molar-refractivity contribution >= 4 is 0 Å². The minimum atomic E-state index is -0.764. The summed E-state index contributed by atoms with van der Waals surface area (Å²) in [5.74, 6) is 0.372. The summed E-state index contributed by atoms with van der Waals surface area (Å²) in [6, 6.07) is 0. The molecule has 0 aliphatic heterocycles. The molecule has 0 amide bonds. The van der Waals surface area contributed by atoms with Gasteiger partial charge >= 0.3 is 0 Å². The third-order valence-corrected chi connectivity index (χ3v) is 2.88. The highest BCUT2D eigenvalue weighted by Crippen LogP contribution is 2.23. The fourth-order valence-electron chi connectivity index (χ4n) is 1.84. The van der Waals surface area contributed by atoms with Crippen LogP contribution >= 0.6 is 0 Å². The van der Waals surface area contributed by atoms with E-state index in [1.54, 1.807) is 0 Å². The summed E-state index contributed by atoms with van der Waals surface area (Å²) in [4.78, 5) is 14.9. The van der Waals surface area contributed by atoms with Gasteiger partial charge in [0, 0.05) is 11.8 Å². The van der Waals surface area contributed by atoms with Gasteiger partial charge in [0.25, 0.3) is 0 Å². The summed E-state index contributed by atoms with van der Waals surface area (Å²) >= 11 is 0. The second kappa shape index (κ2) is 11.2. The number of H-pyrrole nitrogens is 1. The van der Waals surface area contributed by atoms with Gasteiger partial charge in [-0.2, -0.15) is 0 Å². The van der Waals surface area contributed by atoms with Gasteiger partial charge in [-0.15, -0.1) is 0 Å². The van der Waals surface area contributed by atoms with Gasteiger partial charge in [-0.05, 0) is 6.42 Å². The zero-order chi connectivity index (χ0) is 16.3. The standard InChI is InChI=1S/C13H21NO4.C3H8/c1-4-5-6-7-10(15)9-8-14-13(18-3)12(17-2)11(9)16;1-3-2/h8,10,15H,4-7H2,1-3H3,(H,14,16);3H2,1-2H3. The molecular formula is C16H29NO4. The number of aliphatic hydroxyl groups is 1. The van der Waals surface area contributed by atoms with Crippen molar-refractivity contribution in [1.82, 2.24) is 4.98 Å². The van der Waals surface area contributed by atoms with Crippen molar-refractivity contribution in [3.63, 3.8) is 0 Å². The van der Waals surface area contributed by atoms with Crippen LogP contribution < -0.4 is 14.9 Å². The Labute approximate surface area is 127 Å². The van der Waals surface area contributed by atoms with Crippen LogP contribution in [0.2, 0.25) is 0 Å². The first-order chi connectivity index (χ1) is 10.1. The lowest BCUT2D eigenvalue weighted by atomic mass is 10.0. The number of hydrogen-bond donors (Lipinski definition) is 2. The first kappa shape index (κ1) is 19.5. The number of hydrogen-bond acceptors (Lipinski definition) is 4. The topological polar surface area (TPSA) is 71.6 Å². The van der Waals surface area contributed by atoms with E-state index in [0.29, 0.717) is 12.0 Å². The molecule has 1 unspecified atom stereocenters. The number of aromatic nitrogens is 1. The minimum absolute atomic E-state index is 0.101. The number of aromatic amines is 1. The number of pyridine rings is 1. The quantitative estimate of drug-likeness (QED) is 0.757. The first-order valence-electron chi connectivity index (χ1n) is 7.58. The van der Waals surface area contributed by atoms with Crippen molar-refractivity contribution < 1.29 is 14.6 Å². The number of methoxy groups -OCH3 is 2. The molecule has 0 aromatic carbocycles. The van der Waals surface area contributed by atoms with E-state index in [9.17, 15) is 9.90 Å². The van der Waals surface area contributed by atoms with Gasteiger partial charge in [0.05, 0.1) is 20.3 Å². The van der Waals surface area contributed by atoms with E-state index in [0.717, 1.165) is 19.3 Å². The van der Waals surface area contributed by atoms with Crippen LogP contribution in [0.5, 0.6) is 11.6 Å². The summed E-state index contributed by atoms with van der Waals surface area (Å²) in [7, 11) is 2.85. The fourth-order valence-corrected chi connectivity index (χ4v) is 1.84. The first-order valence-corrected chi connectivity index (χ1v) is 7.58. The van der Waals surface area contributed by atoms with Gasteiger partial charge in [0.1, 0.15) is 0 Å². The molecule has 5 heteroatoms. The Hall–Kier alpha value is -1.49. The van der Waals surface area contributed by atoms with Crippen molar-refractivity contribution in [2.75, 3.05) is 14.2 Å². The van der Waals surface area contributed by atoms with Crippen molar-refractivity contribution in [3.05, 3.63) is 22.0 Å². The molecule has 0 radical (unpaired) electrons. The van der Waals surface area contributed by atoms with Crippen LogP contribution in [-0.4, -0.2) is 24.3 Å². The largest absolute Gasteiger partial charge is 0.488 e. The fraction of sp³-hybridized carbons (Fsp3) is 0.688. The van der Waals surface area contributed by atoms with E-state index >= 15 is 0 Å². The van der Waals surface area contributed by atoms with Gasteiger partial charge in [0.2, 0.25) is 17.1 Å². The number of aliphatic hydroxyl groups excluding tert-OH is 1. The lowest BCUT2D eigenvalue weighted by Gasteiger charge is -2.12. The van der Waals surface area contributed by atoms with Crippen LogP contribution in [0, 0.1) is 0 Å². The van der Waals surface area contributed by atoms with Crippen molar-refractivity contribution in [1.29, 1.82) is 0 Å². The average Bonchev–Trinajstić information content (AvgIpc) is 2.47. The lowest BCUT2D eigenvalue weighted by molar-refractivity contribution is 0.161. The Kier molecular flexibility index (Phi) is 10.4. The van der Waals surface area contributed by atoms with E-state index in [4.69, 9.17) is 9.47 Å². The van der Waals surface area contributed by atoms with Crippen LogP contribution in [0.15, 0.2) is 11.0 Å². The molecule has 21 heavy (non-hydrogen) atoms. The Morgan fingerprint density at radius 1 is 1.19 bits per heavy atom. The number of ether oxygens (including phenoxy) is 2. The molecule has 1 aromatic rings. The highest BCUT2D eigenvalue weighted by Gasteiger charge is 2.18. The van der Waals surface area contributed by atoms with Crippen LogP contribution in [0.25, 0.3) is 0 Å². The third kappa shape index (κ3) is 6.21. The van der Waals surface area contributed by atoms with Gasteiger partial charge in [-0.1, -0.05) is 46.5 Å². The Balaban J connectivity index is 0.00000122. The second-order valence-corrected chi connectivity index (χ2v) is 4.86. The number of nitrogens with one attached hydrogen (secondary N) is 1. The summed E-state index contributed by atoms with van der Waals surface area (Å²) in [5, 5.41) is 10.00. The van der Waals surface area contributed by atoms with Crippen molar-refractivity contribution in [3.8, 4) is 11.6 Å². The average molecular weight is 299 g/mol. The zero-order valence-corrected chi connectivity index (χ0v) is 13.9. The highest BCUT2D eigenvalue weighted by atomic mass is 16.5. The molecule has 0 aliphatic carbocycles. The summed E-state index contributed by atoms with van der Waals surface area (Å²) < 4.78 is 9.99. The number of rotatable bonds is 7. The molecule has 1 rings (SSSR count). The Morgan fingerprint density at radius 3 is 2.29 bits per heavy atom. The monoisotopic (exact) mass is 299 g/mol. The molecule has 122 valence electrons. The van der Waals surface area contributed by atoms with E-state index in [1.165, 1.54) is 26.8 Å². The smallest absolute Gasteiger partial charge is 0.238 e. The van der Waals surface area contributed by atoms with Crippen molar-refractivity contribution in [2.24, 2.45) is 0 Å². The van der Waals surface area contributed by atoms with Crippen LogP contribution in [-0.2, 0) is 0 Å². The maximum absolute atomic E-state index is 12.1. The van der Waals surface area contributed by atoms with Gasteiger partial charge in [-0.25, -0.2) is 0 Å². The minimum Gasteiger partial charge on any atom is -0.488 e. The molecule has 0 spiro atoms. The second-order valence-electron chi connectivity index (χ2n) is 4.86. The molecule has 0 fully saturated rings. The maximum Gasteiger partial charge on any atom is 0.238 e. The molecule has 1 aromatic heterocycles. The molecule has 0 aliphatic rings. The zero-order valence-electron chi connectivity index (χ0n) is 13.9. The van der Waals surface area contributed by atoms with Crippen LogP contribution in [0.1, 0.15) is 64.5 Å². The number of unbranched alkanes of at least 4 members (excludes halogenated alkanes) is 2. The molecule has 1 heterocycles. The van der Waals surface area contributed by atoms with Gasteiger partial charge in [0.15, 0.2) is 0 Å². The summed E-state index contributed by atoms with van der Waals surface area (Å²) in [6.45, 7) is 6.34. The predicted molar refractivity (Wildman–Crippen MR) is 85.2 cm³/mol. The summed E-state index contributed by atoms with van der Waals surface area (Å²) in [5.41, 5.74) is 0.000788. The highest BCUT2D eigenvalue weighted by molar-refractivity contribution is 5.37. The molecule has 0 saturated carbocycles. The lowest BCUT2D eigenvalue weighted by Crippen LogP contribution is -2.17. The third-order valence-electron chi connectivity index (χ3n) is 2.88. The van der Waals surface area contributed by atoms with E-state index in [2.05, 4.69) is 25.8 Å². The van der Waals surface area contributed by atoms with Gasteiger partial charge < -0.3 is 19.6 Å². The molecule has 1 atom stereocenters. The molecular weight excluding hydrogens is 270 g/mol. The van der Waals surface area contributed by atoms with Crippen LogP contribution in [0.3, 0.4) is 0 Å². The van der Waals surface area contributed by atoms with E-state index in [1.807, 2.05) is 0 Å². The molecule has 5 nitrogen and oxygen atoms in total. The van der Waals surface area contributed by atoms with E-state index in [-0.39, 0.29) is 17.1 Å². The van der Waals surface area contributed by atoms with Crippen LogP contribution in [0.4, 0.5) is 0 Å². The molecule has 0 saturated heterocycles. The molecule has 0 bridgehead atoms. The Morgan fingerprint density at radius 2 is 1.81 bits per heavy atom. The van der Waals surface area contributed by atoms with Gasteiger partial charge in [-0.3, -0.25) is 4.79 Å². The normalized spacial score (nSPS) is 11.3.